The van der Waals surface area contributed by atoms with Crippen LogP contribution in [0.1, 0.15) is 58.8 Å². The number of ether oxygens (including phenoxy) is 1. The highest BCUT2D eigenvalue weighted by Gasteiger charge is 2.77. The van der Waals surface area contributed by atoms with Crippen molar-refractivity contribution in [3.05, 3.63) is 12.4 Å². The minimum atomic E-state index is -0.956. The first kappa shape index (κ1) is 23.6. The van der Waals surface area contributed by atoms with Gasteiger partial charge in [-0.3, -0.25) is 14.9 Å². The maximum atomic E-state index is 13.6. The molecule has 6 fully saturated rings. The molecule has 2 aliphatic heterocycles. The fourth-order valence-corrected chi connectivity index (χ4v) is 9.39. The number of Topliss-reactive ketones (excluding diaryl/α,β-unsaturated/α-hetero) is 1. The van der Waals surface area contributed by atoms with Crippen molar-refractivity contribution in [2.24, 2.45) is 45.8 Å². The molecular weight excluding hydrogens is 451 g/mol. The number of alkyl carbamates (subject to hydrolysis) is 1. The fourth-order valence-electron chi connectivity index (χ4n) is 9.39. The van der Waals surface area contributed by atoms with E-state index in [-0.39, 0.29) is 53.1 Å². The summed E-state index contributed by atoms with van der Waals surface area (Å²) in [7, 11) is 0. The van der Waals surface area contributed by atoms with E-state index in [0.717, 1.165) is 45.2 Å². The summed E-state index contributed by atoms with van der Waals surface area (Å²) < 4.78 is 19.6. The number of fused-ring (bicyclic) bond motifs is 2. The van der Waals surface area contributed by atoms with Crippen LogP contribution in [0.25, 0.3) is 0 Å². The van der Waals surface area contributed by atoms with Crippen LogP contribution in [0, 0.1) is 45.8 Å². The molecule has 192 valence electrons. The summed E-state index contributed by atoms with van der Waals surface area (Å²) in [4.78, 5) is 41.5. The van der Waals surface area contributed by atoms with Crippen LogP contribution in [0.2, 0.25) is 0 Å². The first-order valence-corrected chi connectivity index (χ1v) is 13.4. The SMILES string of the molecule is C[C@H]1[C@H](O)[C@](C)(/C=C\F)C[C@@H](OC(=O)NC(=O)[C@H]2CN3CC[C@@H]2C3)[C@]23C[C@@H]2CCC12CCC(=O)C23. The lowest BCUT2D eigenvalue weighted by Gasteiger charge is -2.55. The monoisotopic (exact) mass is 488 g/mol. The van der Waals surface area contributed by atoms with Gasteiger partial charge in [0, 0.05) is 36.3 Å². The number of imide groups is 1. The van der Waals surface area contributed by atoms with Gasteiger partial charge in [-0.1, -0.05) is 13.8 Å². The predicted molar refractivity (Wildman–Crippen MR) is 125 cm³/mol. The van der Waals surface area contributed by atoms with E-state index in [2.05, 4.69) is 10.2 Å². The van der Waals surface area contributed by atoms with E-state index in [9.17, 15) is 23.9 Å². The molecule has 6 rings (SSSR count). The number of aliphatic hydroxyl groups is 1. The largest absolute Gasteiger partial charge is 0.445 e. The molecule has 6 aliphatic rings. The zero-order chi connectivity index (χ0) is 24.8. The van der Waals surface area contributed by atoms with Crippen molar-refractivity contribution in [2.45, 2.75) is 71.0 Å². The molecule has 0 aromatic rings. The van der Waals surface area contributed by atoms with Gasteiger partial charge >= 0.3 is 6.09 Å². The maximum Gasteiger partial charge on any atom is 0.414 e. The first-order chi connectivity index (χ1) is 16.6. The van der Waals surface area contributed by atoms with Gasteiger partial charge in [0.05, 0.1) is 18.4 Å². The molecule has 8 heteroatoms. The molecule has 2 N–H and O–H groups in total. The Morgan fingerprint density at radius 1 is 1.23 bits per heavy atom. The predicted octanol–water partition coefficient (Wildman–Crippen LogP) is 3.22. The van der Waals surface area contributed by atoms with Crippen LogP contribution in [0.4, 0.5) is 9.18 Å². The number of nitrogens with one attached hydrogen (secondary N) is 1. The summed E-state index contributed by atoms with van der Waals surface area (Å²) in [5, 5.41) is 14.0. The van der Waals surface area contributed by atoms with Crippen molar-refractivity contribution in [1.29, 1.82) is 0 Å². The number of halogens is 1. The van der Waals surface area contributed by atoms with Crippen LogP contribution in [-0.4, -0.2) is 59.6 Å². The van der Waals surface area contributed by atoms with Crippen LogP contribution in [-0.2, 0) is 14.3 Å². The molecule has 11 atom stereocenters. The smallest absolute Gasteiger partial charge is 0.414 e. The van der Waals surface area contributed by atoms with Crippen molar-refractivity contribution in [1.82, 2.24) is 10.2 Å². The van der Waals surface area contributed by atoms with Crippen molar-refractivity contribution >= 4 is 17.8 Å². The van der Waals surface area contributed by atoms with Gasteiger partial charge in [-0.05, 0) is 74.3 Å². The highest BCUT2D eigenvalue weighted by atomic mass is 19.1. The van der Waals surface area contributed by atoms with Crippen LogP contribution in [0.15, 0.2) is 12.4 Å². The van der Waals surface area contributed by atoms with Gasteiger partial charge in [0.2, 0.25) is 5.91 Å². The normalized spacial score (nSPS) is 51.9. The van der Waals surface area contributed by atoms with E-state index in [0.29, 0.717) is 19.3 Å². The van der Waals surface area contributed by atoms with Crippen LogP contribution < -0.4 is 5.32 Å². The zero-order valence-electron chi connectivity index (χ0n) is 20.7. The molecule has 7 nitrogen and oxygen atoms in total. The van der Waals surface area contributed by atoms with Crippen LogP contribution in [0.3, 0.4) is 0 Å². The number of ketones is 1. The van der Waals surface area contributed by atoms with Crippen molar-refractivity contribution in [3.63, 3.8) is 0 Å². The average Bonchev–Trinajstić information content (AvgIpc) is 3.10. The van der Waals surface area contributed by atoms with E-state index in [1.54, 1.807) is 0 Å². The molecule has 2 amide bonds. The van der Waals surface area contributed by atoms with Gasteiger partial charge in [-0.25, -0.2) is 9.18 Å². The van der Waals surface area contributed by atoms with E-state index >= 15 is 0 Å². The number of hydrogen-bond acceptors (Lipinski definition) is 6. The number of piperidine rings is 1. The summed E-state index contributed by atoms with van der Waals surface area (Å²) >= 11 is 0. The highest BCUT2D eigenvalue weighted by Crippen LogP contribution is 2.77. The molecular formula is C27H37FN2O5. The molecule has 3 unspecified atom stereocenters. The number of carbonyl (C=O) groups excluding carboxylic acids is 3. The van der Waals surface area contributed by atoms with Gasteiger partial charge in [-0.2, -0.15) is 0 Å². The summed E-state index contributed by atoms with van der Waals surface area (Å²) in [5.74, 6) is -0.186. The number of aliphatic hydroxyl groups excluding tert-OH is 1. The van der Waals surface area contributed by atoms with Crippen molar-refractivity contribution in [2.75, 3.05) is 19.6 Å². The number of carbonyl (C=O) groups is 3. The minimum absolute atomic E-state index is 0.178. The van der Waals surface area contributed by atoms with Gasteiger partial charge in [0.25, 0.3) is 0 Å². The molecule has 0 aromatic heterocycles. The fraction of sp³-hybridized carbons (Fsp3) is 0.815. The lowest BCUT2D eigenvalue weighted by atomic mass is 9.50. The summed E-state index contributed by atoms with van der Waals surface area (Å²) in [6, 6.07) is 0. The number of rotatable bonds is 3. The molecule has 0 aromatic carbocycles. The van der Waals surface area contributed by atoms with E-state index in [4.69, 9.17) is 4.74 Å². The number of nitrogens with zero attached hydrogens (tertiary/aromatic N) is 1. The molecule has 4 aliphatic carbocycles. The minimum Gasteiger partial charge on any atom is -0.445 e. The van der Waals surface area contributed by atoms with Gasteiger partial charge in [0.1, 0.15) is 11.9 Å². The van der Waals surface area contributed by atoms with Crippen molar-refractivity contribution in [3.8, 4) is 0 Å². The topological polar surface area (TPSA) is 95.9 Å². The highest BCUT2D eigenvalue weighted by molar-refractivity contribution is 5.93. The second-order valence-electron chi connectivity index (χ2n) is 12.7. The number of amides is 2. The molecule has 1 spiro atoms. The van der Waals surface area contributed by atoms with Crippen molar-refractivity contribution < 1.29 is 28.6 Å². The van der Waals surface area contributed by atoms with E-state index < -0.39 is 29.1 Å². The Morgan fingerprint density at radius 3 is 2.71 bits per heavy atom. The zero-order valence-corrected chi connectivity index (χ0v) is 20.7. The molecule has 0 radical (unpaired) electrons. The second kappa shape index (κ2) is 7.85. The second-order valence-corrected chi connectivity index (χ2v) is 12.7. The van der Waals surface area contributed by atoms with E-state index in [1.165, 1.54) is 6.08 Å². The summed E-state index contributed by atoms with van der Waals surface area (Å²) in [6.07, 6.45) is 4.50. The van der Waals surface area contributed by atoms with E-state index in [1.807, 2.05) is 13.8 Å². The molecule has 35 heavy (non-hydrogen) atoms. The first-order valence-electron chi connectivity index (χ1n) is 13.4. The van der Waals surface area contributed by atoms with Crippen LogP contribution in [0.5, 0.6) is 0 Å². The quantitative estimate of drug-likeness (QED) is 0.633. The standard InChI is InChI=1S/C27H37FN2O5/c1-15-22(32)25(2,8-9-28)12-20(27-11-17(27)3-6-26(15)7-4-19(31)21(26)27)35-24(34)29-23(33)18-14-30-10-5-16(18)13-30/h8-9,15-18,20-22,32H,3-7,10-14H2,1-2H3,(H,29,33,34)/b9-8-/t15-,16+,17-,18-,20+,21?,22-,25+,26?,27-/m0/s1. The third-order valence-electron chi connectivity index (χ3n) is 11.3. The molecule has 4 saturated carbocycles. The Morgan fingerprint density at radius 2 is 2.03 bits per heavy atom. The Hall–Kier alpha value is -1.80. The summed E-state index contributed by atoms with van der Waals surface area (Å²) in [6.45, 7) is 6.39. The lowest BCUT2D eigenvalue weighted by molar-refractivity contribution is -0.157. The Labute approximate surface area is 205 Å². The lowest BCUT2D eigenvalue weighted by Crippen LogP contribution is -2.58. The summed E-state index contributed by atoms with van der Waals surface area (Å²) in [5.41, 5.74) is -1.80. The van der Waals surface area contributed by atoms with Gasteiger partial charge in [-0.15, -0.1) is 0 Å². The molecule has 2 heterocycles. The number of hydrogen-bond donors (Lipinski definition) is 2. The van der Waals surface area contributed by atoms with Gasteiger partial charge < -0.3 is 14.7 Å². The molecule has 2 saturated heterocycles. The Bertz CT molecular complexity index is 987. The van der Waals surface area contributed by atoms with Gasteiger partial charge in [0.15, 0.2) is 0 Å². The van der Waals surface area contributed by atoms with Crippen LogP contribution >= 0.6 is 0 Å². The third kappa shape index (κ3) is 3.24. The maximum absolute atomic E-state index is 13.6. The third-order valence-corrected chi connectivity index (χ3v) is 11.3. The average molecular weight is 489 g/mol. The Kier molecular flexibility index (Phi) is 5.29. The molecule has 4 bridgehead atoms. The Balaban J connectivity index is 1.30.